The van der Waals surface area contributed by atoms with Gasteiger partial charge in [-0.3, -0.25) is 14.0 Å². The lowest BCUT2D eigenvalue weighted by atomic mass is 9.98. The molecular formula is C23H29N7O2. The molecule has 3 aromatic rings. The second-order valence-electron chi connectivity index (χ2n) is 8.29. The van der Waals surface area contributed by atoms with Crippen molar-refractivity contribution in [2.75, 3.05) is 24.5 Å². The molecule has 2 N–H and O–H groups in total. The molecule has 1 aliphatic rings. The number of carbonyl (C=O) groups excluding carboxylic acids is 2. The van der Waals surface area contributed by atoms with Crippen LogP contribution in [0.1, 0.15) is 31.7 Å². The van der Waals surface area contributed by atoms with Gasteiger partial charge >= 0.3 is 0 Å². The van der Waals surface area contributed by atoms with Gasteiger partial charge in [0.15, 0.2) is 5.82 Å². The van der Waals surface area contributed by atoms with E-state index in [-0.39, 0.29) is 11.8 Å². The highest BCUT2D eigenvalue weighted by atomic mass is 16.2. The van der Waals surface area contributed by atoms with E-state index < -0.39 is 6.04 Å². The maximum absolute atomic E-state index is 12.5. The van der Waals surface area contributed by atoms with Gasteiger partial charge in [0.05, 0.1) is 0 Å². The number of carbonyl (C=O) groups is 2. The molecular weight excluding hydrogens is 406 g/mol. The fourth-order valence-corrected chi connectivity index (χ4v) is 4.07. The van der Waals surface area contributed by atoms with Crippen LogP contribution in [-0.4, -0.2) is 57.1 Å². The number of aromatic nitrogens is 4. The summed E-state index contributed by atoms with van der Waals surface area (Å²) in [6, 6.07) is 9.29. The van der Waals surface area contributed by atoms with Crippen LogP contribution in [0.2, 0.25) is 0 Å². The van der Waals surface area contributed by atoms with Crippen molar-refractivity contribution in [2.24, 2.45) is 5.92 Å². The van der Waals surface area contributed by atoms with Crippen LogP contribution in [0.25, 0.3) is 5.65 Å². The Balaban J connectivity index is 1.23. The highest BCUT2D eigenvalue weighted by Gasteiger charge is 2.24. The van der Waals surface area contributed by atoms with E-state index in [1.165, 1.54) is 0 Å². The third-order valence-electron chi connectivity index (χ3n) is 5.83. The van der Waals surface area contributed by atoms with E-state index in [2.05, 4.69) is 30.7 Å². The van der Waals surface area contributed by atoms with E-state index in [1.807, 2.05) is 40.9 Å². The average molecular weight is 436 g/mol. The molecule has 2 aromatic heterocycles. The first-order chi connectivity index (χ1) is 15.6. The Labute approximate surface area is 187 Å². The summed E-state index contributed by atoms with van der Waals surface area (Å²) in [6.07, 6.45) is 8.31. The minimum atomic E-state index is -0.565. The van der Waals surface area contributed by atoms with Crippen molar-refractivity contribution in [3.05, 3.63) is 54.6 Å². The van der Waals surface area contributed by atoms with Gasteiger partial charge in [-0.05, 0) is 37.7 Å². The van der Waals surface area contributed by atoms with Crippen LogP contribution in [-0.2, 0) is 16.0 Å². The Hall–Kier alpha value is -3.49. The Morgan fingerprint density at radius 1 is 1.25 bits per heavy atom. The first-order valence-electron chi connectivity index (χ1n) is 11.1. The zero-order chi connectivity index (χ0) is 22.3. The Bertz CT molecular complexity index is 1050. The summed E-state index contributed by atoms with van der Waals surface area (Å²) in [6.45, 7) is 3.98. The number of nitrogens with zero attached hydrogens (tertiary/aromatic N) is 5. The van der Waals surface area contributed by atoms with Gasteiger partial charge in [0, 0.05) is 38.4 Å². The molecule has 1 unspecified atom stereocenters. The third-order valence-corrected chi connectivity index (χ3v) is 5.83. The van der Waals surface area contributed by atoms with Crippen LogP contribution in [0, 0.1) is 5.92 Å². The molecule has 2 atom stereocenters. The number of benzene rings is 1. The molecule has 1 saturated heterocycles. The molecule has 0 bridgehead atoms. The third kappa shape index (κ3) is 5.40. The molecule has 9 nitrogen and oxygen atoms in total. The first-order valence-corrected chi connectivity index (χ1v) is 11.1. The van der Waals surface area contributed by atoms with Gasteiger partial charge in [-0.25, -0.2) is 4.98 Å². The fourth-order valence-electron chi connectivity index (χ4n) is 4.07. The lowest BCUT2D eigenvalue weighted by Gasteiger charge is -2.33. The van der Waals surface area contributed by atoms with Crippen LogP contribution in [0.15, 0.2) is 49.1 Å². The monoisotopic (exact) mass is 435 g/mol. The maximum atomic E-state index is 12.5. The molecule has 0 saturated carbocycles. The summed E-state index contributed by atoms with van der Waals surface area (Å²) < 4.78 is 1.86. The minimum absolute atomic E-state index is 0.118. The molecule has 9 heteroatoms. The minimum Gasteiger partial charge on any atom is -0.354 e. The second-order valence-corrected chi connectivity index (χ2v) is 8.29. The van der Waals surface area contributed by atoms with Crippen molar-refractivity contribution in [2.45, 2.75) is 38.6 Å². The number of hydrogen-bond donors (Lipinski definition) is 2. The van der Waals surface area contributed by atoms with E-state index in [4.69, 9.17) is 0 Å². The number of amides is 2. The summed E-state index contributed by atoms with van der Waals surface area (Å²) >= 11 is 0. The quantitative estimate of drug-likeness (QED) is 0.557. The number of hydrogen-bond acceptors (Lipinski definition) is 6. The molecule has 0 spiro atoms. The van der Waals surface area contributed by atoms with Gasteiger partial charge in [-0.1, -0.05) is 30.3 Å². The van der Waals surface area contributed by atoms with Crippen LogP contribution in [0.5, 0.6) is 0 Å². The van der Waals surface area contributed by atoms with Crippen molar-refractivity contribution in [1.29, 1.82) is 0 Å². The highest BCUT2D eigenvalue weighted by molar-refractivity contribution is 5.87. The van der Waals surface area contributed by atoms with E-state index in [0.717, 1.165) is 43.0 Å². The topological polar surface area (TPSA) is 105 Å². The molecule has 32 heavy (non-hydrogen) atoms. The summed E-state index contributed by atoms with van der Waals surface area (Å²) in [4.78, 5) is 31.4. The Morgan fingerprint density at radius 3 is 2.94 bits per heavy atom. The first kappa shape index (κ1) is 21.7. The van der Waals surface area contributed by atoms with Crippen LogP contribution < -0.4 is 15.5 Å². The molecule has 1 fully saturated rings. The van der Waals surface area contributed by atoms with E-state index >= 15 is 0 Å². The van der Waals surface area contributed by atoms with Crippen molar-refractivity contribution in [3.63, 3.8) is 0 Å². The lowest BCUT2D eigenvalue weighted by molar-refractivity contribution is -0.128. The van der Waals surface area contributed by atoms with Crippen molar-refractivity contribution < 1.29 is 9.59 Å². The number of aryl methyl sites for hydroxylation is 1. The number of piperidine rings is 1. The molecule has 3 heterocycles. The highest BCUT2D eigenvalue weighted by Crippen LogP contribution is 2.23. The Kier molecular flexibility index (Phi) is 6.94. The average Bonchev–Trinajstić information content (AvgIpc) is 3.31. The largest absolute Gasteiger partial charge is 0.354 e. The molecule has 4 rings (SSSR count). The fraction of sp³-hybridized carbons (Fsp3) is 0.435. The number of anilines is 1. The van der Waals surface area contributed by atoms with Crippen LogP contribution >= 0.6 is 0 Å². The normalized spacial score (nSPS) is 17.2. The molecule has 168 valence electrons. The van der Waals surface area contributed by atoms with Gasteiger partial charge in [0.2, 0.25) is 17.5 Å². The predicted molar refractivity (Wildman–Crippen MR) is 121 cm³/mol. The predicted octanol–water partition coefficient (Wildman–Crippen LogP) is 1.59. The smallest absolute Gasteiger partial charge is 0.242 e. The van der Waals surface area contributed by atoms with E-state index in [9.17, 15) is 9.59 Å². The standard InChI is InChI=1S/C23H29N7O2/c1-17(27-20(31)10-9-18-6-3-2-4-7-18)23(32)25-14-19-8-5-12-29(15-19)21-22-28-26-16-30(22)13-11-24-21/h2-4,6-7,11,13,16-17,19H,5,8-10,12,14-15H2,1H3,(H,25,32)(H,27,31)/t17-,19?/m1/s1. The summed E-state index contributed by atoms with van der Waals surface area (Å²) in [5, 5.41) is 13.9. The number of rotatable bonds is 8. The van der Waals surface area contributed by atoms with Crippen molar-refractivity contribution in [1.82, 2.24) is 30.2 Å². The molecule has 2 amide bonds. The van der Waals surface area contributed by atoms with Gasteiger partial charge in [-0.15, -0.1) is 10.2 Å². The lowest BCUT2D eigenvalue weighted by Crippen LogP contribution is -2.48. The van der Waals surface area contributed by atoms with Gasteiger partial charge in [0.1, 0.15) is 12.4 Å². The van der Waals surface area contributed by atoms with E-state index in [0.29, 0.717) is 25.3 Å². The zero-order valence-corrected chi connectivity index (χ0v) is 18.3. The molecule has 1 aromatic carbocycles. The molecule has 1 aliphatic heterocycles. The number of fused-ring (bicyclic) bond motifs is 1. The van der Waals surface area contributed by atoms with Crippen LogP contribution in [0.4, 0.5) is 5.82 Å². The van der Waals surface area contributed by atoms with Gasteiger partial charge in [-0.2, -0.15) is 0 Å². The van der Waals surface area contributed by atoms with E-state index in [1.54, 1.807) is 19.4 Å². The molecule has 0 radical (unpaired) electrons. The van der Waals surface area contributed by atoms with Crippen molar-refractivity contribution >= 4 is 23.3 Å². The maximum Gasteiger partial charge on any atom is 0.242 e. The SMILES string of the molecule is C[C@@H](NC(=O)CCc1ccccc1)C(=O)NCC1CCCN(c2nccn3cnnc23)C1. The summed E-state index contributed by atoms with van der Waals surface area (Å²) in [5.41, 5.74) is 1.85. The molecule has 0 aliphatic carbocycles. The summed E-state index contributed by atoms with van der Waals surface area (Å²) in [7, 11) is 0. The Morgan fingerprint density at radius 2 is 2.09 bits per heavy atom. The second kappa shape index (κ2) is 10.2. The van der Waals surface area contributed by atoms with Crippen molar-refractivity contribution in [3.8, 4) is 0 Å². The van der Waals surface area contributed by atoms with Gasteiger partial charge < -0.3 is 15.5 Å². The number of nitrogens with one attached hydrogen (secondary N) is 2. The van der Waals surface area contributed by atoms with Crippen LogP contribution in [0.3, 0.4) is 0 Å². The summed E-state index contributed by atoms with van der Waals surface area (Å²) in [5.74, 6) is 0.847. The zero-order valence-electron chi connectivity index (χ0n) is 18.3. The van der Waals surface area contributed by atoms with Gasteiger partial charge in [0.25, 0.3) is 0 Å².